The third-order valence-electron chi connectivity index (χ3n) is 3.21. The highest BCUT2D eigenvalue weighted by Crippen LogP contribution is 2.22. The zero-order chi connectivity index (χ0) is 15.0. The molecule has 20 heavy (non-hydrogen) atoms. The normalized spacial score (nSPS) is 11.8. The zero-order valence-corrected chi connectivity index (χ0v) is 11.4. The maximum Gasteiger partial charge on any atom is 0.310 e. The number of aromatic nitrogens is 1. The summed E-state index contributed by atoms with van der Waals surface area (Å²) in [6.45, 7) is 2.59. The number of rotatable bonds is 9. The molecule has 1 heterocycles. The van der Waals surface area contributed by atoms with Gasteiger partial charge < -0.3 is 10.4 Å². The Kier molecular flexibility index (Phi) is 6.42. The maximum atomic E-state index is 10.8. The molecule has 1 atom stereocenters. The predicted octanol–water partition coefficient (Wildman–Crippen LogP) is 2.68. The largest absolute Gasteiger partial charge is 0.481 e. The summed E-state index contributed by atoms with van der Waals surface area (Å²) in [5.41, 5.74) is 0.393. The number of nitrogens with zero attached hydrogens (tertiary/aromatic N) is 2. The van der Waals surface area contributed by atoms with Crippen molar-refractivity contribution in [1.82, 2.24) is 4.98 Å². The van der Waals surface area contributed by atoms with Crippen LogP contribution in [0.3, 0.4) is 0 Å². The highest BCUT2D eigenvalue weighted by Gasteiger charge is 2.14. The van der Waals surface area contributed by atoms with E-state index in [4.69, 9.17) is 5.11 Å². The Morgan fingerprint density at radius 3 is 2.90 bits per heavy atom. The molecule has 0 bridgehead atoms. The third kappa shape index (κ3) is 5.21. The Balaban J connectivity index is 2.47. The van der Waals surface area contributed by atoms with Crippen molar-refractivity contribution in [2.45, 2.75) is 32.6 Å². The number of hydrogen-bond acceptors (Lipinski definition) is 5. The summed E-state index contributed by atoms with van der Waals surface area (Å²) in [6.07, 6.45) is 5.18. The van der Waals surface area contributed by atoms with E-state index in [1.165, 1.54) is 12.4 Å². The van der Waals surface area contributed by atoms with Gasteiger partial charge in [-0.3, -0.25) is 19.9 Å². The van der Waals surface area contributed by atoms with Crippen molar-refractivity contribution in [1.29, 1.82) is 0 Å². The van der Waals surface area contributed by atoms with E-state index in [9.17, 15) is 14.9 Å². The summed E-state index contributed by atoms with van der Waals surface area (Å²) in [7, 11) is 0. The van der Waals surface area contributed by atoms with Gasteiger partial charge in [-0.15, -0.1) is 0 Å². The highest BCUT2D eigenvalue weighted by atomic mass is 16.6. The molecule has 0 aliphatic carbocycles. The molecule has 0 amide bonds. The average molecular weight is 281 g/mol. The Bertz CT molecular complexity index is 465. The first-order valence-electron chi connectivity index (χ1n) is 6.58. The number of carbonyl (C=O) groups is 1. The van der Waals surface area contributed by atoms with Crippen LogP contribution in [0.4, 0.5) is 11.4 Å². The molecule has 0 fully saturated rings. The number of hydrogen-bond donors (Lipinski definition) is 2. The summed E-state index contributed by atoms with van der Waals surface area (Å²) in [6, 6.07) is 1.57. The van der Waals surface area contributed by atoms with Crippen molar-refractivity contribution < 1.29 is 14.8 Å². The molecular weight excluding hydrogens is 262 g/mol. The molecular formula is C13H19N3O4. The van der Waals surface area contributed by atoms with Gasteiger partial charge in [0.2, 0.25) is 0 Å². The topological polar surface area (TPSA) is 105 Å². The van der Waals surface area contributed by atoms with Crippen LogP contribution in [0.5, 0.6) is 0 Å². The van der Waals surface area contributed by atoms with Gasteiger partial charge in [-0.1, -0.05) is 13.3 Å². The first kappa shape index (κ1) is 15.9. The van der Waals surface area contributed by atoms with Gasteiger partial charge in [0, 0.05) is 19.2 Å². The number of aliphatic carboxylic acids is 1. The zero-order valence-electron chi connectivity index (χ0n) is 11.4. The standard InChI is InChI=1S/C13H19N3O4/c1-2-10(3-4-13(17)18)5-8-15-11-6-7-14-9-12(11)16(19)20/h6-7,9-10H,2-5,8H2,1H3,(H,14,15)(H,17,18). The summed E-state index contributed by atoms with van der Waals surface area (Å²) < 4.78 is 0. The van der Waals surface area contributed by atoms with Gasteiger partial charge in [0.25, 0.3) is 0 Å². The van der Waals surface area contributed by atoms with Crippen LogP contribution in [0.15, 0.2) is 18.5 Å². The van der Waals surface area contributed by atoms with Crippen LogP contribution < -0.4 is 5.32 Å². The van der Waals surface area contributed by atoms with E-state index in [-0.39, 0.29) is 12.1 Å². The van der Waals surface area contributed by atoms with Crippen molar-refractivity contribution in [3.05, 3.63) is 28.6 Å². The molecule has 1 aromatic heterocycles. The van der Waals surface area contributed by atoms with Crippen LogP contribution in [0.25, 0.3) is 0 Å². The van der Waals surface area contributed by atoms with Crippen molar-refractivity contribution in [3.63, 3.8) is 0 Å². The number of pyridine rings is 1. The molecule has 0 aromatic carbocycles. The molecule has 1 unspecified atom stereocenters. The van der Waals surface area contributed by atoms with Crippen LogP contribution in [0.1, 0.15) is 32.6 Å². The third-order valence-corrected chi connectivity index (χ3v) is 3.21. The molecule has 0 radical (unpaired) electrons. The lowest BCUT2D eigenvalue weighted by Crippen LogP contribution is -2.11. The Morgan fingerprint density at radius 1 is 1.55 bits per heavy atom. The molecule has 0 saturated carbocycles. The summed E-state index contributed by atoms with van der Waals surface area (Å²) in [4.78, 5) is 24.6. The SMILES string of the molecule is CCC(CCNc1ccncc1[N+](=O)[O-])CCC(=O)O. The molecule has 2 N–H and O–H groups in total. The number of anilines is 1. The summed E-state index contributed by atoms with van der Waals surface area (Å²) >= 11 is 0. The minimum absolute atomic E-state index is 0.0499. The van der Waals surface area contributed by atoms with Gasteiger partial charge in [-0.05, 0) is 24.8 Å². The maximum absolute atomic E-state index is 10.8. The average Bonchev–Trinajstić information content (AvgIpc) is 2.42. The fourth-order valence-corrected chi connectivity index (χ4v) is 1.97. The van der Waals surface area contributed by atoms with E-state index in [0.717, 1.165) is 12.8 Å². The van der Waals surface area contributed by atoms with Gasteiger partial charge in [-0.25, -0.2) is 0 Å². The lowest BCUT2D eigenvalue weighted by molar-refractivity contribution is -0.384. The smallest absolute Gasteiger partial charge is 0.310 e. The number of nitrogens with one attached hydrogen (secondary N) is 1. The number of carboxylic acid groups (broad SMARTS) is 1. The second-order valence-electron chi connectivity index (χ2n) is 4.57. The van der Waals surface area contributed by atoms with E-state index in [2.05, 4.69) is 10.3 Å². The van der Waals surface area contributed by atoms with Crippen molar-refractivity contribution in [2.24, 2.45) is 5.92 Å². The number of nitro groups is 1. The van der Waals surface area contributed by atoms with E-state index < -0.39 is 10.9 Å². The van der Waals surface area contributed by atoms with E-state index in [0.29, 0.717) is 24.6 Å². The molecule has 7 heteroatoms. The van der Waals surface area contributed by atoms with E-state index >= 15 is 0 Å². The summed E-state index contributed by atoms with van der Waals surface area (Å²) in [5, 5.41) is 22.5. The van der Waals surface area contributed by atoms with E-state index in [1.54, 1.807) is 6.07 Å². The predicted molar refractivity (Wildman–Crippen MR) is 74.6 cm³/mol. The summed E-state index contributed by atoms with van der Waals surface area (Å²) in [5.74, 6) is -0.485. The first-order chi connectivity index (χ1) is 9.54. The Labute approximate surface area is 117 Å². The van der Waals surface area contributed by atoms with Gasteiger partial charge in [-0.2, -0.15) is 0 Å². The van der Waals surface area contributed by atoms with Gasteiger partial charge in [0.1, 0.15) is 11.9 Å². The quantitative estimate of drug-likeness (QED) is 0.532. The van der Waals surface area contributed by atoms with Crippen LogP contribution >= 0.6 is 0 Å². The minimum Gasteiger partial charge on any atom is -0.481 e. The molecule has 1 aromatic rings. The van der Waals surface area contributed by atoms with Gasteiger partial charge in [0.15, 0.2) is 0 Å². The fourth-order valence-electron chi connectivity index (χ4n) is 1.97. The fraction of sp³-hybridized carbons (Fsp3) is 0.538. The van der Waals surface area contributed by atoms with Crippen LogP contribution in [-0.4, -0.2) is 27.5 Å². The first-order valence-corrected chi connectivity index (χ1v) is 6.58. The number of carboxylic acids is 1. The minimum atomic E-state index is -0.791. The molecule has 0 saturated heterocycles. The molecule has 110 valence electrons. The van der Waals surface area contributed by atoms with Gasteiger partial charge >= 0.3 is 11.7 Å². The molecule has 7 nitrogen and oxygen atoms in total. The second-order valence-corrected chi connectivity index (χ2v) is 4.57. The monoisotopic (exact) mass is 281 g/mol. The Morgan fingerprint density at radius 2 is 2.30 bits per heavy atom. The lowest BCUT2D eigenvalue weighted by Gasteiger charge is -2.14. The molecule has 1 rings (SSSR count). The molecule has 0 spiro atoms. The van der Waals surface area contributed by atoms with Crippen molar-refractivity contribution in [3.8, 4) is 0 Å². The highest BCUT2D eigenvalue weighted by molar-refractivity contribution is 5.66. The molecule has 0 aliphatic rings. The van der Waals surface area contributed by atoms with Crippen LogP contribution in [0.2, 0.25) is 0 Å². The Hall–Kier alpha value is -2.18. The van der Waals surface area contributed by atoms with Crippen molar-refractivity contribution >= 4 is 17.3 Å². The van der Waals surface area contributed by atoms with Gasteiger partial charge in [0.05, 0.1) is 4.92 Å². The lowest BCUT2D eigenvalue weighted by atomic mass is 9.96. The second kappa shape index (κ2) is 8.08. The molecule has 0 aliphatic heterocycles. The van der Waals surface area contributed by atoms with E-state index in [1.807, 2.05) is 6.92 Å². The van der Waals surface area contributed by atoms with Crippen LogP contribution in [-0.2, 0) is 4.79 Å². The van der Waals surface area contributed by atoms with Crippen molar-refractivity contribution in [2.75, 3.05) is 11.9 Å². The van der Waals surface area contributed by atoms with Crippen LogP contribution in [0, 0.1) is 16.0 Å².